The maximum atomic E-state index is 2.37. The average molecular weight is 343 g/mol. The van der Waals surface area contributed by atoms with Crippen LogP contribution in [0.2, 0.25) is 0 Å². The smallest absolute Gasteiger partial charge is 0.00994 e. The molecule has 2 aliphatic carbocycles. The summed E-state index contributed by atoms with van der Waals surface area (Å²) in [7, 11) is 0. The van der Waals surface area contributed by atoms with E-state index in [0.29, 0.717) is 0 Å². The molecule has 1 fully saturated rings. The molecular weight excluding hydrogens is 312 g/mol. The van der Waals surface area contributed by atoms with Crippen molar-refractivity contribution in [2.24, 2.45) is 5.41 Å². The zero-order valence-electron chi connectivity index (χ0n) is 16.4. The van der Waals surface area contributed by atoms with Crippen LogP contribution in [0.1, 0.15) is 64.4 Å². The first-order valence-electron chi connectivity index (χ1n) is 10.2. The number of hydrogen-bond acceptors (Lipinski definition) is 0. The third-order valence-electron chi connectivity index (χ3n) is 5.67. The molecule has 0 aliphatic heterocycles. The van der Waals surface area contributed by atoms with E-state index in [9.17, 15) is 0 Å². The Kier molecular flexibility index (Phi) is 4.61. The van der Waals surface area contributed by atoms with E-state index in [2.05, 4.69) is 81.5 Å². The van der Waals surface area contributed by atoms with Crippen LogP contribution in [0.4, 0.5) is 0 Å². The molecule has 26 heavy (non-hydrogen) atoms. The van der Waals surface area contributed by atoms with Gasteiger partial charge in [0.15, 0.2) is 0 Å². The number of allylic oxidation sites excluding steroid dienone is 2. The Hall–Kier alpha value is -2.08. The largest absolute Gasteiger partial charge is 0.0718 e. The van der Waals surface area contributed by atoms with Gasteiger partial charge in [0.25, 0.3) is 0 Å². The minimum atomic E-state index is 0.201. The monoisotopic (exact) mass is 342 g/mol. The number of rotatable bonds is 2. The van der Waals surface area contributed by atoms with Gasteiger partial charge >= 0.3 is 0 Å². The molecule has 0 radical (unpaired) electrons. The fraction of sp³-hybridized carbons (Fsp3) is 0.385. The summed E-state index contributed by atoms with van der Waals surface area (Å²) in [5, 5.41) is 2.71. The van der Waals surface area contributed by atoms with E-state index < -0.39 is 0 Å². The van der Waals surface area contributed by atoms with Gasteiger partial charge in [-0.25, -0.2) is 0 Å². The molecular formula is C26H30. The van der Waals surface area contributed by atoms with Crippen molar-refractivity contribution in [2.45, 2.75) is 58.8 Å². The van der Waals surface area contributed by atoms with Crippen molar-refractivity contribution in [3.05, 3.63) is 70.1 Å². The molecule has 4 rings (SSSR count). The Labute approximate surface area is 158 Å². The highest BCUT2D eigenvalue weighted by molar-refractivity contribution is 5.78. The van der Waals surface area contributed by atoms with Crippen LogP contribution in [0.5, 0.6) is 0 Å². The molecule has 0 N–H and O–H groups in total. The second-order valence-electron chi connectivity index (χ2n) is 9.06. The summed E-state index contributed by atoms with van der Waals surface area (Å²) in [6.07, 6.45) is 14.0. The van der Waals surface area contributed by atoms with Gasteiger partial charge in [0.2, 0.25) is 0 Å². The third kappa shape index (κ3) is 3.70. The van der Waals surface area contributed by atoms with E-state index >= 15 is 0 Å². The number of benzene rings is 2. The van der Waals surface area contributed by atoms with Crippen molar-refractivity contribution in [1.82, 2.24) is 0 Å². The first-order chi connectivity index (χ1) is 12.5. The third-order valence-corrected chi connectivity index (χ3v) is 5.67. The maximum absolute atomic E-state index is 2.37. The maximum Gasteiger partial charge on any atom is -0.00994 e. The van der Waals surface area contributed by atoms with Gasteiger partial charge in [-0.05, 0) is 69.0 Å². The zero-order chi connectivity index (χ0) is 18.1. The second kappa shape index (κ2) is 6.91. The lowest BCUT2D eigenvalue weighted by molar-refractivity contribution is 0.443. The summed E-state index contributed by atoms with van der Waals surface area (Å²) >= 11 is 0. The number of fused-ring (bicyclic) bond motifs is 1. The van der Waals surface area contributed by atoms with E-state index in [1.54, 1.807) is 0 Å². The van der Waals surface area contributed by atoms with Crippen LogP contribution in [-0.2, 0) is 0 Å². The van der Waals surface area contributed by atoms with E-state index in [4.69, 9.17) is 0 Å². The van der Waals surface area contributed by atoms with Gasteiger partial charge < -0.3 is 0 Å². The molecule has 0 bridgehead atoms. The predicted octanol–water partition coefficient (Wildman–Crippen LogP) is 5.95. The summed E-state index contributed by atoms with van der Waals surface area (Å²) in [6, 6.07) is 16.1. The van der Waals surface area contributed by atoms with Crippen LogP contribution in [0.15, 0.2) is 54.1 Å². The molecule has 2 aromatic rings. The van der Waals surface area contributed by atoms with Gasteiger partial charge in [-0.1, -0.05) is 88.6 Å². The highest BCUT2D eigenvalue weighted by Gasteiger charge is 2.15. The van der Waals surface area contributed by atoms with Crippen LogP contribution in [0.25, 0.3) is 23.3 Å². The van der Waals surface area contributed by atoms with E-state index in [1.165, 1.54) is 64.8 Å². The Morgan fingerprint density at radius 1 is 0.846 bits per heavy atom. The van der Waals surface area contributed by atoms with Crippen molar-refractivity contribution in [2.75, 3.05) is 0 Å². The Balaban J connectivity index is 1.69. The fourth-order valence-corrected chi connectivity index (χ4v) is 4.46. The summed E-state index contributed by atoms with van der Waals surface area (Å²) in [4.78, 5) is 0. The van der Waals surface area contributed by atoms with Gasteiger partial charge in [-0.3, -0.25) is 0 Å². The van der Waals surface area contributed by atoms with E-state index in [-0.39, 0.29) is 5.41 Å². The van der Waals surface area contributed by atoms with Crippen molar-refractivity contribution in [3.63, 3.8) is 0 Å². The molecule has 0 heteroatoms. The fourth-order valence-electron chi connectivity index (χ4n) is 4.46. The molecule has 0 amide bonds. The zero-order valence-corrected chi connectivity index (χ0v) is 16.4. The van der Waals surface area contributed by atoms with Crippen LogP contribution in [0.3, 0.4) is 0 Å². The highest BCUT2D eigenvalue weighted by atomic mass is 14.2. The predicted molar refractivity (Wildman–Crippen MR) is 113 cm³/mol. The SMILES string of the molecule is CC(C)(C)C=C1C=c2cccc(-c3ccc(C4CCCCC4)cc3)c2=C1. The molecule has 134 valence electrons. The molecule has 0 saturated heterocycles. The summed E-state index contributed by atoms with van der Waals surface area (Å²) < 4.78 is 0. The van der Waals surface area contributed by atoms with Crippen molar-refractivity contribution in [1.29, 1.82) is 0 Å². The molecule has 0 unspecified atom stereocenters. The van der Waals surface area contributed by atoms with Crippen molar-refractivity contribution in [3.8, 4) is 11.1 Å². The molecule has 0 nitrogen and oxygen atoms in total. The lowest BCUT2D eigenvalue weighted by Gasteiger charge is -2.22. The van der Waals surface area contributed by atoms with Gasteiger partial charge in [-0.2, -0.15) is 0 Å². The van der Waals surface area contributed by atoms with Gasteiger partial charge in [0.05, 0.1) is 0 Å². The van der Waals surface area contributed by atoms with Crippen LogP contribution < -0.4 is 10.4 Å². The molecule has 0 spiro atoms. The normalized spacial score (nSPS) is 19.1. The lowest BCUT2D eigenvalue weighted by atomic mass is 9.83. The molecule has 2 aliphatic rings. The van der Waals surface area contributed by atoms with Crippen LogP contribution in [0, 0.1) is 5.41 Å². The van der Waals surface area contributed by atoms with Crippen LogP contribution in [-0.4, -0.2) is 0 Å². The Bertz CT molecular complexity index is 927. The molecule has 0 aromatic heterocycles. The summed E-state index contributed by atoms with van der Waals surface area (Å²) in [6.45, 7) is 6.78. The van der Waals surface area contributed by atoms with Gasteiger partial charge in [-0.15, -0.1) is 0 Å². The lowest BCUT2D eigenvalue weighted by Crippen LogP contribution is -2.22. The quantitative estimate of drug-likeness (QED) is 0.633. The molecule has 0 atom stereocenters. The molecule has 1 saturated carbocycles. The Morgan fingerprint density at radius 3 is 2.27 bits per heavy atom. The topological polar surface area (TPSA) is 0 Å². The van der Waals surface area contributed by atoms with Crippen LogP contribution >= 0.6 is 0 Å². The van der Waals surface area contributed by atoms with Crippen molar-refractivity contribution < 1.29 is 0 Å². The Morgan fingerprint density at radius 2 is 1.58 bits per heavy atom. The molecule has 0 heterocycles. The van der Waals surface area contributed by atoms with Crippen molar-refractivity contribution >= 4 is 12.2 Å². The summed E-state index contributed by atoms with van der Waals surface area (Å²) in [5.74, 6) is 0.778. The van der Waals surface area contributed by atoms with Gasteiger partial charge in [0, 0.05) is 0 Å². The first kappa shape index (κ1) is 17.3. The van der Waals surface area contributed by atoms with E-state index in [1.807, 2.05) is 0 Å². The minimum Gasteiger partial charge on any atom is -0.0718 e. The first-order valence-corrected chi connectivity index (χ1v) is 10.2. The summed E-state index contributed by atoms with van der Waals surface area (Å²) in [5.41, 5.74) is 5.75. The minimum absolute atomic E-state index is 0.201. The standard InChI is InChI=1S/C26H30/c1-26(2,3)18-19-16-23-10-7-11-24(25(23)17-19)22-14-12-21(13-15-22)20-8-5-4-6-9-20/h7,10-18,20H,4-6,8-9H2,1-3H3. The van der Waals surface area contributed by atoms with Gasteiger partial charge in [0.1, 0.15) is 0 Å². The molecule has 2 aromatic carbocycles. The average Bonchev–Trinajstić information content (AvgIpc) is 3.03. The number of hydrogen-bond donors (Lipinski definition) is 0. The van der Waals surface area contributed by atoms with E-state index in [0.717, 1.165) is 5.92 Å². The second-order valence-corrected chi connectivity index (χ2v) is 9.06. The highest BCUT2D eigenvalue weighted by Crippen LogP contribution is 2.33.